The van der Waals surface area contributed by atoms with Crippen LogP contribution in [0.25, 0.3) is 10.9 Å². The third kappa shape index (κ3) is 0.929. The molecule has 0 fully saturated rings. The molecule has 11 heavy (non-hydrogen) atoms. The maximum absolute atomic E-state index is 5.52. The monoisotopic (exact) mass is 143 g/mol. The van der Waals surface area contributed by atoms with Crippen molar-refractivity contribution >= 4 is 10.9 Å². The van der Waals surface area contributed by atoms with Gasteiger partial charge in [0.25, 0.3) is 0 Å². The van der Waals surface area contributed by atoms with Crippen LogP contribution < -0.4 is 0 Å². The van der Waals surface area contributed by atoms with Crippen molar-refractivity contribution in [2.45, 2.75) is 6.54 Å². The first-order chi connectivity index (χ1) is 5.42. The van der Waals surface area contributed by atoms with Crippen LogP contribution in [0.5, 0.6) is 0 Å². The summed E-state index contributed by atoms with van der Waals surface area (Å²) in [6, 6.07) is 10.3. The number of rotatable bonds is 1. The van der Waals surface area contributed by atoms with Crippen LogP contribution in [-0.4, -0.2) is 4.57 Å². The average molecular weight is 143 g/mol. The smallest absolute Gasteiger partial charge is 0.0480 e. The summed E-state index contributed by atoms with van der Waals surface area (Å²) in [5, 5.41) is 1.25. The fourth-order valence-electron chi connectivity index (χ4n) is 1.30. The molecule has 0 aliphatic rings. The van der Waals surface area contributed by atoms with Gasteiger partial charge in [-0.05, 0) is 24.4 Å². The normalized spacial score (nSPS) is 10.6. The SMILES string of the molecule is [CH]Cn1ccc2ccccc21. The van der Waals surface area contributed by atoms with Crippen LogP contribution in [0.2, 0.25) is 0 Å². The molecule has 0 aliphatic heterocycles. The maximum Gasteiger partial charge on any atom is 0.0480 e. The van der Waals surface area contributed by atoms with Gasteiger partial charge in [-0.1, -0.05) is 18.2 Å². The Morgan fingerprint density at radius 1 is 1.18 bits per heavy atom. The van der Waals surface area contributed by atoms with Gasteiger partial charge in [-0.15, -0.1) is 0 Å². The summed E-state index contributed by atoms with van der Waals surface area (Å²) < 4.78 is 2.02. The molecule has 1 heterocycles. The van der Waals surface area contributed by atoms with Crippen LogP contribution in [-0.2, 0) is 6.54 Å². The predicted molar refractivity (Wildman–Crippen MR) is 46.2 cm³/mol. The van der Waals surface area contributed by atoms with Crippen molar-refractivity contribution in [2.75, 3.05) is 0 Å². The predicted octanol–water partition coefficient (Wildman–Crippen LogP) is 2.35. The van der Waals surface area contributed by atoms with Crippen LogP contribution in [0.15, 0.2) is 36.5 Å². The third-order valence-corrected chi connectivity index (χ3v) is 1.88. The zero-order chi connectivity index (χ0) is 7.68. The van der Waals surface area contributed by atoms with E-state index in [0.29, 0.717) is 6.54 Å². The van der Waals surface area contributed by atoms with Gasteiger partial charge < -0.3 is 4.57 Å². The van der Waals surface area contributed by atoms with Crippen molar-refractivity contribution < 1.29 is 0 Å². The number of benzene rings is 1. The van der Waals surface area contributed by atoms with Gasteiger partial charge in [-0.2, -0.15) is 0 Å². The molecule has 1 aromatic carbocycles. The van der Waals surface area contributed by atoms with E-state index in [0.717, 1.165) is 0 Å². The van der Waals surface area contributed by atoms with Gasteiger partial charge in [0.2, 0.25) is 0 Å². The van der Waals surface area contributed by atoms with Crippen molar-refractivity contribution in [1.82, 2.24) is 4.57 Å². The van der Waals surface area contributed by atoms with Crippen molar-refractivity contribution in [1.29, 1.82) is 0 Å². The Balaban J connectivity index is 2.76. The lowest BCUT2D eigenvalue weighted by Gasteiger charge is -1.97. The molecule has 0 saturated heterocycles. The zero-order valence-corrected chi connectivity index (χ0v) is 6.20. The van der Waals surface area contributed by atoms with E-state index < -0.39 is 0 Å². The van der Waals surface area contributed by atoms with E-state index in [1.807, 2.05) is 22.9 Å². The van der Waals surface area contributed by atoms with Crippen molar-refractivity contribution in [3.63, 3.8) is 0 Å². The molecule has 2 rings (SSSR count). The summed E-state index contributed by atoms with van der Waals surface area (Å²) in [4.78, 5) is 0. The molecule has 1 heteroatoms. The van der Waals surface area contributed by atoms with Gasteiger partial charge in [0.1, 0.15) is 0 Å². The highest BCUT2D eigenvalue weighted by Crippen LogP contribution is 2.14. The van der Waals surface area contributed by atoms with Crippen LogP contribution in [0.3, 0.4) is 0 Å². The second kappa shape index (κ2) is 2.42. The van der Waals surface area contributed by atoms with E-state index in [9.17, 15) is 0 Å². The minimum Gasteiger partial charge on any atom is -0.347 e. The van der Waals surface area contributed by atoms with Crippen LogP contribution in [0, 0.1) is 6.92 Å². The number of aromatic nitrogens is 1. The summed E-state index contributed by atoms with van der Waals surface area (Å²) in [6.07, 6.45) is 2.00. The fourth-order valence-corrected chi connectivity index (χ4v) is 1.30. The molecular weight excluding hydrogens is 134 g/mol. The highest BCUT2D eigenvalue weighted by molar-refractivity contribution is 5.79. The second-order valence-corrected chi connectivity index (χ2v) is 2.53. The lowest BCUT2D eigenvalue weighted by Crippen LogP contribution is -1.89. The van der Waals surface area contributed by atoms with Gasteiger partial charge >= 0.3 is 0 Å². The van der Waals surface area contributed by atoms with Crippen molar-refractivity contribution in [2.24, 2.45) is 0 Å². The van der Waals surface area contributed by atoms with Crippen LogP contribution >= 0.6 is 0 Å². The van der Waals surface area contributed by atoms with E-state index in [2.05, 4.69) is 18.2 Å². The van der Waals surface area contributed by atoms with Crippen LogP contribution in [0.4, 0.5) is 0 Å². The molecule has 0 bridgehead atoms. The maximum atomic E-state index is 5.52. The van der Waals surface area contributed by atoms with Gasteiger partial charge in [0, 0.05) is 18.3 Å². The molecule has 0 spiro atoms. The Morgan fingerprint density at radius 2 is 2.00 bits per heavy atom. The first kappa shape index (κ1) is 6.47. The average Bonchev–Trinajstić information content (AvgIpc) is 2.47. The van der Waals surface area contributed by atoms with Crippen molar-refractivity contribution in [3.05, 3.63) is 43.5 Å². The number of fused-ring (bicyclic) bond motifs is 1. The molecule has 0 N–H and O–H groups in total. The largest absolute Gasteiger partial charge is 0.347 e. The van der Waals surface area contributed by atoms with E-state index in [1.54, 1.807) is 0 Å². The molecule has 54 valence electrons. The topological polar surface area (TPSA) is 4.93 Å². The minimum absolute atomic E-state index is 0.549. The number of hydrogen-bond acceptors (Lipinski definition) is 0. The molecular formula is C10H9N. The van der Waals surface area contributed by atoms with E-state index >= 15 is 0 Å². The molecule has 0 amide bonds. The molecule has 0 atom stereocenters. The van der Waals surface area contributed by atoms with Gasteiger partial charge in [0.05, 0.1) is 0 Å². The zero-order valence-electron chi connectivity index (χ0n) is 6.20. The number of hydrogen-bond donors (Lipinski definition) is 0. The Kier molecular flexibility index (Phi) is 1.42. The lowest BCUT2D eigenvalue weighted by molar-refractivity contribution is 0.861. The summed E-state index contributed by atoms with van der Waals surface area (Å²) in [5.74, 6) is 0. The Morgan fingerprint density at radius 3 is 2.82 bits per heavy atom. The minimum atomic E-state index is 0.549. The second-order valence-electron chi connectivity index (χ2n) is 2.53. The van der Waals surface area contributed by atoms with Gasteiger partial charge in [-0.3, -0.25) is 0 Å². The summed E-state index contributed by atoms with van der Waals surface area (Å²) >= 11 is 0. The summed E-state index contributed by atoms with van der Waals surface area (Å²) in [5.41, 5.74) is 1.20. The quantitative estimate of drug-likeness (QED) is 0.577. The summed E-state index contributed by atoms with van der Waals surface area (Å²) in [7, 11) is 0. The Bertz CT molecular complexity index is 360. The highest BCUT2D eigenvalue weighted by atomic mass is 14.9. The Labute approximate surface area is 66.3 Å². The molecule has 0 unspecified atom stereocenters. The van der Waals surface area contributed by atoms with Gasteiger partial charge in [-0.25, -0.2) is 0 Å². The molecule has 0 aliphatic carbocycles. The standard InChI is InChI=1S/C10H9N/c1-2-11-8-7-9-5-3-4-6-10(9)11/h1,3-8H,2H2. The van der Waals surface area contributed by atoms with Crippen LogP contribution in [0.1, 0.15) is 0 Å². The molecule has 2 radical (unpaired) electrons. The Hall–Kier alpha value is -1.24. The molecule has 2 aromatic rings. The van der Waals surface area contributed by atoms with E-state index in [1.165, 1.54) is 10.9 Å². The first-order valence-corrected chi connectivity index (χ1v) is 3.66. The first-order valence-electron chi connectivity index (χ1n) is 3.66. The number of nitrogens with zero attached hydrogens (tertiary/aromatic N) is 1. The summed E-state index contributed by atoms with van der Waals surface area (Å²) in [6.45, 7) is 6.07. The number of para-hydroxylation sites is 1. The molecule has 1 nitrogen and oxygen atoms in total. The van der Waals surface area contributed by atoms with Gasteiger partial charge in [0.15, 0.2) is 0 Å². The van der Waals surface area contributed by atoms with E-state index in [-0.39, 0.29) is 0 Å². The third-order valence-electron chi connectivity index (χ3n) is 1.88. The van der Waals surface area contributed by atoms with E-state index in [4.69, 9.17) is 6.92 Å². The highest BCUT2D eigenvalue weighted by Gasteiger charge is 1.95. The fraction of sp³-hybridized carbons (Fsp3) is 0.100. The lowest BCUT2D eigenvalue weighted by atomic mass is 10.2. The van der Waals surface area contributed by atoms with Crippen molar-refractivity contribution in [3.8, 4) is 0 Å². The molecule has 0 saturated carbocycles. The molecule has 1 aromatic heterocycles.